The first kappa shape index (κ1) is 10.3. The second kappa shape index (κ2) is 4.43. The molecule has 72 valence electrons. The van der Waals surface area contributed by atoms with Gasteiger partial charge >= 0.3 is 0 Å². The molecule has 0 atom stereocenters. The number of quaternary nitrogens is 1. The summed E-state index contributed by atoms with van der Waals surface area (Å²) in [7, 11) is 0. The molecule has 0 bridgehead atoms. The number of rotatable bonds is 5. The molecule has 0 aromatic rings. The van der Waals surface area contributed by atoms with Crippen LogP contribution in [0.3, 0.4) is 0 Å². The Morgan fingerprint density at radius 3 is 2.23 bits per heavy atom. The molecule has 0 radical (unpaired) electrons. The number of allylic oxidation sites excluding steroid dienone is 1. The van der Waals surface area contributed by atoms with Gasteiger partial charge in [-0.3, -0.25) is 4.48 Å². The molecule has 1 fully saturated rings. The molecule has 0 aromatic heterocycles. The highest BCUT2D eigenvalue weighted by atomic mass is 15.4. The summed E-state index contributed by atoms with van der Waals surface area (Å²) in [6.07, 6.45) is 7.55. The predicted octanol–water partition coefficient (Wildman–Crippen LogP) is 2.87. The van der Waals surface area contributed by atoms with Crippen LogP contribution in [0, 0.1) is 0 Å². The summed E-state index contributed by atoms with van der Waals surface area (Å²) in [5.41, 5.74) is 1.30. The van der Waals surface area contributed by atoms with Crippen LogP contribution in [0.4, 0.5) is 0 Å². The minimum Gasteiger partial charge on any atom is -0.292 e. The van der Waals surface area contributed by atoms with Gasteiger partial charge < -0.3 is 0 Å². The zero-order chi connectivity index (χ0) is 9.73. The van der Waals surface area contributed by atoms with Crippen molar-refractivity contribution < 1.29 is 4.48 Å². The van der Waals surface area contributed by atoms with Gasteiger partial charge in [0.2, 0.25) is 0 Å². The normalized spacial score (nSPS) is 19.7. The lowest BCUT2D eigenvalue weighted by atomic mass is 10.2. The van der Waals surface area contributed by atoms with E-state index in [0.717, 1.165) is 17.4 Å². The molecule has 1 aliphatic rings. The number of hydrogen-bond acceptors (Lipinski definition) is 0. The highest BCUT2D eigenvalue weighted by Crippen LogP contribution is 2.27. The smallest absolute Gasteiger partial charge is 0.106 e. The largest absolute Gasteiger partial charge is 0.292 e. The third-order valence-electron chi connectivity index (χ3n) is 2.95. The van der Waals surface area contributed by atoms with E-state index < -0.39 is 0 Å². The van der Waals surface area contributed by atoms with Gasteiger partial charge in [-0.15, -0.1) is 6.58 Å². The molecule has 0 amide bonds. The maximum atomic E-state index is 4.17. The predicted molar refractivity (Wildman–Crippen MR) is 58.2 cm³/mol. The first-order valence-corrected chi connectivity index (χ1v) is 5.01. The molecule has 1 aliphatic heterocycles. The average molecular weight is 178 g/mol. The maximum Gasteiger partial charge on any atom is 0.106 e. The molecular formula is C12H20N+. The second-order valence-corrected chi connectivity index (χ2v) is 3.83. The van der Waals surface area contributed by atoms with Gasteiger partial charge in [0.1, 0.15) is 12.2 Å². The van der Waals surface area contributed by atoms with Crippen LogP contribution < -0.4 is 0 Å². The summed E-state index contributed by atoms with van der Waals surface area (Å²) >= 11 is 0. The highest BCUT2D eigenvalue weighted by Gasteiger charge is 2.33. The van der Waals surface area contributed by atoms with E-state index in [9.17, 15) is 0 Å². The van der Waals surface area contributed by atoms with Gasteiger partial charge in [-0.05, 0) is 12.7 Å². The summed E-state index contributed by atoms with van der Waals surface area (Å²) in [4.78, 5) is 0. The molecule has 1 heteroatoms. The Bertz CT molecular complexity index is 209. The van der Waals surface area contributed by atoms with Crippen LogP contribution in [-0.4, -0.2) is 24.1 Å². The highest BCUT2D eigenvalue weighted by molar-refractivity contribution is 4.94. The first-order valence-electron chi connectivity index (χ1n) is 5.01. The lowest BCUT2D eigenvalue weighted by Crippen LogP contribution is -2.43. The van der Waals surface area contributed by atoms with Crippen LogP contribution in [0.25, 0.3) is 0 Å². The summed E-state index contributed by atoms with van der Waals surface area (Å²) in [6.45, 7) is 15.3. The number of likely N-dealkylation sites (tertiary alicyclic amines) is 1. The zero-order valence-electron chi connectivity index (χ0n) is 8.47. The Balaban J connectivity index is 2.70. The molecular weight excluding hydrogens is 158 g/mol. The summed E-state index contributed by atoms with van der Waals surface area (Å²) < 4.78 is 1.05. The average Bonchev–Trinajstić information content (AvgIpc) is 2.55. The lowest BCUT2D eigenvalue weighted by Gasteiger charge is -2.34. The monoisotopic (exact) mass is 178 g/mol. The standard InChI is InChI=1S/C12H20N/c1-4-8-12(3)13(9-5-2)10-6-7-11-13/h4-5H,1-3,6-11H2/q+1. The third kappa shape index (κ3) is 2.10. The van der Waals surface area contributed by atoms with Crippen molar-refractivity contribution in [3.05, 3.63) is 37.6 Å². The lowest BCUT2D eigenvalue weighted by molar-refractivity contribution is -0.874. The fourth-order valence-electron chi connectivity index (χ4n) is 2.18. The minimum atomic E-state index is 0.938. The van der Waals surface area contributed by atoms with E-state index >= 15 is 0 Å². The van der Waals surface area contributed by atoms with Gasteiger partial charge in [0, 0.05) is 19.3 Å². The second-order valence-electron chi connectivity index (χ2n) is 3.83. The SMILES string of the molecule is C=CCC(=C)[N+]1(CC=C)CCCC1. The van der Waals surface area contributed by atoms with Crippen LogP contribution in [0.5, 0.6) is 0 Å². The Morgan fingerprint density at radius 1 is 1.15 bits per heavy atom. The first-order chi connectivity index (χ1) is 6.25. The summed E-state index contributed by atoms with van der Waals surface area (Å²) in [6, 6.07) is 0. The van der Waals surface area contributed by atoms with E-state index in [-0.39, 0.29) is 0 Å². The van der Waals surface area contributed by atoms with Gasteiger partial charge in [-0.1, -0.05) is 12.7 Å². The van der Waals surface area contributed by atoms with Crippen LogP contribution in [0.15, 0.2) is 37.6 Å². The van der Waals surface area contributed by atoms with Gasteiger partial charge in [0.25, 0.3) is 0 Å². The van der Waals surface area contributed by atoms with Gasteiger partial charge in [0.15, 0.2) is 0 Å². The van der Waals surface area contributed by atoms with Crippen molar-refractivity contribution >= 4 is 0 Å². The molecule has 1 saturated heterocycles. The van der Waals surface area contributed by atoms with Crippen molar-refractivity contribution in [2.45, 2.75) is 19.3 Å². The van der Waals surface area contributed by atoms with Crippen molar-refractivity contribution in [1.29, 1.82) is 0 Å². The third-order valence-corrected chi connectivity index (χ3v) is 2.95. The van der Waals surface area contributed by atoms with Gasteiger partial charge in [0.05, 0.1) is 13.1 Å². The Hall–Kier alpha value is -0.820. The Kier molecular flexibility index (Phi) is 3.49. The molecule has 0 aliphatic carbocycles. The molecule has 1 nitrogen and oxygen atoms in total. The fourth-order valence-corrected chi connectivity index (χ4v) is 2.18. The van der Waals surface area contributed by atoms with Crippen molar-refractivity contribution in [1.82, 2.24) is 0 Å². The summed E-state index contributed by atoms with van der Waals surface area (Å²) in [5.74, 6) is 0. The molecule has 0 aromatic carbocycles. The van der Waals surface area contributed by atoms with Crippen molar-refractivity contribution in [2.24, 2.45) is 0 Å². The number of hydrogen-bond donors (Lipinski definition) is 0. The van der Waals surface area contributed by atoms with Crippen LogP contribution in [-0.2, 0) is 0 Å². The Labute approximate surface area is 81.6 Å². The van der Waals surface area contributed by atoms with Crippen molar-refractivity contribution in [3.63, 3.8) is 0 Å². The topological polar surface area (TPSA) is 0 Å². The molecule has 13 heavy (non-hydrogen) atoms. The van der Waals surface area contributed by atoms with Crippen LogP contribution in [0.2, 0.25) is 0 Å². The molecule has 0 N–H and O–H groups in total. The van der Waals surface area contributed by atoms with E-state index in [1.54, 1.807) is 0 Å². The van der Waals surface area contributed by atoms with Gasteiger partial charge in [-0.2, -0.15) is 0 Å². The molecule has 0 unspecified atom stereocenters. The molecule has 1 rings (SSSR count). The van der Waals surface area contributed by atoms with E-state index in [0.29, 0.717) is 0 Å². The molecule has 0 spiro atoms. The maximum absolute atomic E-state index is 4.17. The van der Waals surface area contributed by atoms with E-state index in [2.05, 4.69) is 19.7 Å². The Morgan fingerprint density at radius 2 is 1.77 bits per heavy atom. The zero-order valence-corrected chi connectivity index (χ0v) is 8.47. The van der Waals surface area contributed by atoms with Gasteiger partial charge in [-0.25, -0.2) is 0 Å². The van der Waals surface area contributed by atoms with E-state index in [1.165, 1.54) is 31.6 Å². The van der Waals surface area contributed by atoms with Crippen molar-refractivity contribution in [2.75, 3.05) is 19.6 Å². The minimum absolute atomic E-state index is 0.938. The summed E-state index contributed by atoms with van der Waals surface area (Å²) in [5, 5.41) is 0. The quantitative estimate of drug-likeness (QED) is 0.448. The van der Waals surface area contributed by atoms with Crippen molar-refractivity contribution in [3.8, 4) is 0 Å². The number of nitrogens with zero attached hydrogens (tertiary/aromatic N) is 1. The van der Waals surface area contributed by atoms with E-state index in [1.807, 2.05) is 12.2 Å². The van der Waals surface area contributed by atoms with E-state index in [4.69, 9.17) is 0 Å². The van der Waals surface area contributed by atoms with Crippen LogP contribution >= 0.6 is 0 Å². The fraction of sp³-hybridized carbons (Fsp3) is 0.500. The van der Waals surface area contributed by atoms with Crippen LogP contribution in [0.1, 0.15) is 19.3 Å². The molecule has 0 saturated carbocycles. The molecule has 1 heterocycles.